The van der Waals surface area contributed by atoms with E-state index in [1.165, 1.54) is 22.9 Å². The van der Waals surface area contributed by atoms with Crippen LogP contribution in [0.5, 0.6) is 0 Å². The third-order valence-electron chi connectivity index (χ3n) is 3.76. The predicted octanol–water partition coefficient (Wildman–Crippen LogP) is 3.79. The van der Waals surface area contributed by atoms with Crippen LogP contribution in [-0.2, 0) is 7.05 Å². The smallest absolute Gasteiger partial charge is 0.230 e. The van der Waals surface area contributed by atoms with Gasteiger partial charge >= 0.3 is 0 Å². The van der Waals surface area contributed by atoms with E-state index < -0.39 is 28.9 Å². The molecule has 0 aliphatic rings. The van der Waals surface area contributed by atoms with Crippen molar-refractivity contribution in [2.45, 2.75) is 0 Å². The minimum Gasteiger partial charge on any atom is -0.350 e. The molecule has 3 aromatic rings. The van der Waals surface area contributed by atoms with Crippen LogP contribution >= 0.6 is 0 Å². The Hall–Kier alpha value is -3.53. The van der Waals surface area contributed by atoms with Crippen molar-refractivity contribution >= 4 is 17.2 Å². The highest BCUT2D eigenvalue weighted by Crippen LogP contribution is 2.29. The summed E-state index contributed by atoms with van der Waals surface area (Å²) >= 11 is 0. The molecule has 0 saturated heterocycles. The van der Waals surface area contributed by atoms with E-state index in [0.29, 0.717) is 0 Å². The monoisotopic (exact) mass is 355 g/mol. The lowest BCUT2D eigenvalue weighted by Gasteiger charge is -2.14. The number of anilines is 2. The third kappa shape index (κ3) is 3.05. The molecule has 130 valence electrons. The van der Waals surface area contributed by atoms with Gasteiger partial charge in [-0.2, -0.15) is 0 Å². The Balaban J connectivity index is 2.09. The zero-order valence-electron chi connectivity index (χ0n) is 13.6. The van der Waals surface area contributed by atoms with Crippen LogP contribution in [0.4, 0.5) is 24.5 Å². The molecule has 0 atom stereocenters. The van der Waals surface area contributed by atoms with Crippen LogP contribution in [0.3, 0.4) is 0 Å². The molecule has 0 bridgehead atoms. The summed E-state index contributed by atoms with van der Waals surface area (Å²) < 4.78 is 43.6. The van der Waals surface area contributed by atoms with E-state index in [0.717, 1.165) is 18.2 Å². The second kappa shape index (κ2) is 6.76. The van der Waals surface area contributed by atoms with Crippen LogP contribution in [0.15, 0.2) is 42.7 Å². The van der Waals surface area contributed by atoms with E-state index in [4.69, 9.17) is 6.42 Å². The molecule has 7 heteroatoms. The summed E-state index contributed by atoms with van der Waals surface area (Å²) in [5.41, 5.74) is -0.525. The summed E-state index contributed by atoms with van der Waals surface area (Å²) in [6.07, 6.45) is 8.14. The first-order valence-corrected chi connectivity index (χ1v) is 7.45. The van der Waals surface area contributed by atoms with Gasteiger partial charge in [0.1, 0.15) is 5.82 Å². The second-order valence-corrected chi connectivity index (χ2v) is 5.44. The van der Waals surface area contributed by atoms with Crippen molar-refractivity contribution in [3.8, 4) is 12.3 Å². The molecule has 3 rings (SSSR count). The molecular weight excluding hydrogens is 343 g/mol. The third-order valence-corrected chi connectivity index (χ3v) is 3.76. The Morgan fingerprint density at radius 3 is 2.58 bits per heavy atom. The first-order chi connectivity index (χ1) is 12.4. The van der Waals surface area contributed by atoms with Gasteiger partial charge in [0.05, 0.1) is 16.9 Å². The molecule has 1 aromatic heterocycles. The zero-order valence-corrected chi connectivity index (χ0v) is 13.6. The highest BCUT2D eigenvalue weighted by Gasteiger charge is 2.23. The summed E-state index contributed by atoms with van der Waals surface area (Å²) in [4.78, 5) is 16.6. The number of ketones is 1. The number of hydrogen-bond donors (Lipinski definition) is 1. The molecule has 26 heavy (non-hydrogen) atoms. The fourth-order valence-electron chi connectivity index (χ4n) is 2.41. The van der Waals surface area contributed by atoms with Crippen molar-refractivity contribution in [2.24, 2.45) is 7.05 Å². The molecule has 0 saturated carbocycles. The Labute approximate surface area is 147 Å². The summed E-state index contributed by atoms with van der Waals surface area (Å²) in [7, 11) is 1.59. The number of carbonyl (C=O) groups is 1. The molecule has 0 fully saturated rings. The van der Waals surface area contributed by atoms with Crippen LogP contribution in [0.2, 0.25) is 0 Å². The highest BCUT2D eigenvalue weighted by atomic mass is 19.2. The lowest BCUT2D eigenvalue weighted by Crippen LogP contribution is -2.13. The molecule has 4 nitrogen and oxygen atoms in total. The Morgan fingerprint density at radius 1 is 1.19 bits per heavy atom. The molecule has 0 radical (unpaired) electrons. The molecule has 0 unspecified atom stereocenters. The first kappa shape index (κ1) is 17.3. The first-order valence-electron chi connectivity index (χ1n) is 7.45. The van der Waals surface area contributed by atoms with E-state index >= 15 is 0 Å². The van der Waals surface area contributed by atoms with Gasteiger partial charge in [-0.25, -0.2) is 18.2 Å². The van der Waals surface area contributed by atoms with Gasteiger partial charge < -0.3 is 9.88 Å². The molecule has 0 spiro atoms. The van der Waals surface area contributed by atoms with Crippen LogP contribution in [0, 0.1) is 29.8 Å². The molecule has 0 aliphatic carbocycles. The largest absolute Gasteiger partial charge is 0.350 e. The van der Waals surface area contributed by atoms with E-state index in [1.54, 1.807) is 13.2 Å². The lowest BCUT2D eigenvalue weighted by molar-refractivity contribution is 0.102. The molecule has 2 aromatic carbocycles. The number of aryl methyl sites for hydroxylation is 1. The van der Waals surface area contributed by atoms with Gasteiger partial charge in [-0.15, -0.1) is 6.42 Å². The van der Waals surface area contributed by atoms with E-state index in [9.17, 15) is 18.0 Å². The Bertz CT molecular complexity index is 1050. The van der Waals surface area contributed by atoms with Crippen LogP contribution in [0.25, 0.3) is 0 Å². The maximum Gasteiger partial charge on any atom is 0.230 e. The summed E-state index contributed by atoms with van der Waals surface area (Å²) in [6, 6.07) is 5.73. The summed E-state index contributed by atoms with van der Waals surface area (Å²) in [5, 5.41) is 2.45. The van der Waals surface area contributed by atoms with Gasteiger partial charge in [-0.3, -0.25) is 4.79 Å². The van der Waals surface area contributed by atoms with Crippen LogP contribution in [-0.4, -0.2) is 15.3 Å². The molecule has 0 aliphatic heterocycles. The standard InChI is InChI=1S/C19H12F3N3O/c1-3-11-4-7-15(14(21)10-11)24-17-12(5-6-13(20)16(17)22)18(26)19-23-8-9-25(19)2/h1,4-10,24H,2H3. The average Bonchev–Trinajstić information content (AvgIpc) is 3.06. The van der Waals surface area contributed by atoms with Crippen LogP contribution < -0.4 is 5.32 Å². The number of aromatic nitrogens is 2. The normalized spacial score (nSPS) is 10.4. The van der Waals surface area contributed by atoms with Crippen molar-refractivity contribution in [1.82, 2.24) is 9.55 Å². The van der Waals surface area contributed by atoms with Gasteiger partial charge in [0.25, 0.3) is 0 Å². The predicted molar refractivity (Wildman–Crippen MR) is 90.6 cm³/mol. The molecule has 1 heterocycles. The number of rotatable bonds is 4. The maximum absolute atomic E-state index is 14.4. The second-order valence-electron chi connectivity index (χ2n) is 5.44. The average molecular weight is 355 g/mol. The number of halogens is 3. The van der Waals surface area contributed by atoms with Crippen molar-refractivity contribution in [2.75, 3.05) is 5.32 Å². The van der Waals surface area contributed by atoms with Gasteiger partial charge in [-0.05, 0) is 30.3 Å². The summed E-state index contributed by atoms with van der Waals surface area (Å²) in [5.74, 6) is -1.58. The number of imidazole rings is 1. The van der Waals surface area contributed by atoms with Crippen molar-refractivity contribution < 1.29 is 18.0 Å². The number of benzene rings is 2. The van der Waals surface area contributed by atoms with Crippen molar-refractivity contribution in [3.63, 3.8) is 0 Å². The summed E-state index contributed by atoms with van der Waals surface area (Å²) in [6.45, 7) is 0. The highest BCUT2D eigenvalue weighted by molar-refractivity contribution is 6.10. The minimum atomic E-state index is -1.30. The lowest BCUT2D eigenvalue weighted by atomic mass is 10.1. The Kier molecular flexibility index (Phi) is 4.50. The van der Waals surface area contributed by atoms with Crippen molar-refractivity contribution in [3.05, 3.63) is 77.1 Å². The quantitative estimate of drug-likeness (QED) is 0.572. The number of terminal acetylenes is 1. The molecule has 1 N–H and O–H groups in total. The fraction of sp³-hybridized carbons (Fsp3) is 0.0526. The number of nitrogens with zero attached hydrogens (tertiary/aromatic N) is 2. The van der Waals surface area contributed by atoms with Gasteiger partial charge in [0.2, 0.25) is 5.78 Å². The number of nitrogens with one attached hydrogen (secondary N) is 1. The number of carbonyl (C=O) groups excluding carboxylic acids is 1. The van der Waals surface area contributed by atoms with Gasteiger partial charge in [0, 0.05) is 25.0 Å². The van der Waals surface area contributed by atoms with E-state index in [1.807, 2.05) is 0 Å². The van der Waals surface area contributed by atoms with Crippen molar-refractivity contribution in [1.29, 1.82) is 0 Å². The topological polar surface area (TPSA) is 46.9 Å². The van der Waals surface area contributed by atoms with Gasteiger partial charge in [-0.1, -0.05) is 5.92 Å². The van der Waals surface area contributed by atoms with E-state index in [2.05, 4.69) is 16.2 Å². The number of hydrogen-bond acceptors (Lipinski definition) is 3. The zero-order chi connectivity index (χ0) is 18.8. The molecular formula is C19H12F3N3O. The van der Waals surface area contributed by atoms with Gasteiger partial charge in [0.15, 0.2) is 17.5 Å². The van der Waals surface area contributed by atoms with E-state index in [-0.39, 0.29) is 22.6 Å². The maximum atomic E-state index is 14.4. The molecule has 0 amide bonds. The van der Waals surface area contributed by atoms with Crippen LogP contribution in [0.1, 0.15) is 21.7 Å². The Morgan fingerprint density at radius 2 is 1.96 bits per heavy atom. The SMILES string of the molecule is C#Cc1ccc(Nc2c(C(=O)c3nccn3C)ccc(F)c2F)c(F)c1. The minimum absolute atomic E-state index is 0.0298. The fourth-order valence-corrected chi connectivity index (χ4v) is 2.41.